The summed E-state index contributed by atoms with van der Waals surface area (Å²) < 4.78 is 0. The molecule has 24 heavy (non-hydrogen) atoms. The van der Waals surface area contributed by atoms with E-state index in [-0.39, 0.29) is 5.91 Å². The van der Waals surface area contributed by atoms with E-state index >= 15 is 0 Å². The lowest BCUT2D eigenvalue weighted by Crippen LogP contribution is -2.55. The highest BCUT2D eigenvalue weighted by Gasteiger charge is 2.41. The third kappa shape index (κ3) is 3.19. The molecule has 126 valence electrons. The second kappa shape index (κ2) is 6.73. The van der Waals surface area contributed by atoms with Crippen LogP contribution in [0.1, 0.15) is 48.2 Å². The average molecular weight is 344 g/mol. The smallest absolute Gasteiger partial charge is 0.329 e. The molecule has 1 aliphatic rings. The van der Waals surface area contributed by atoms with E-state index < -0.39 is 11.5 Å². The van der Waals surface area contributed by atoms with E-state index in [2.05, 4.69) is 10.3 Å². The predicted molar refractivity (Wildman–Crippen MR) is 93.2 cm³/mol. The number of aliphatic carboxylic acids is 1. The summed E-state index contributed by atoms with van der Waals surface area (Å²) in [5, 5.41) is 16.3. The van der Waals surface area contributed by atoms with Crippen molar-refractivity contribution in [1.82, 2.24) is 10.3 Å². The molecule has 2 aromatic heterocycles. The molecule has 6 heteroatoms. The molecule has 3 rings (SSSR count). The van der Waals surface area contributed by atoms with Gasteiger partial charge >= 0.3 is 5.97 Å². The minimum absolute atomic E-state index is 0.360. The fraction of sp³-hybridized carbons (Fsp3) is 0.389. The fourth-order valence-electron chi connectivity index (χ4n) is 3.20. The third-order valence-electron chi connectivity index (χ3n) is 4.62. The Morgan fingerprint density at radius 1 is 1.21 bits per heavy atom. The van der Waals surface area contributed by atoms with E-state index in [1.54, 1.807) is 30.4 Å². The Hall–Kier alpha value is -2.21. The summed E-state index contributed by atoms with van der Waals surface area (Å²) in [6, 6.07) is 5.51. The SMILES string of the molecule is Cc1nc(-c2ccsc2)ccc1C(=O)NC1(C(=O)O)CCCCC1. The zero-order valence-corrected chi connectivity index (χ0v) is 14.4. The molecule has 2 aromatic rings. The second-order valence-corrected chi connectivity index (χ2v) is 7.02. The van der Waals surface area contributed by atoms with E-state index in [0.29, 0.717) is 24.1 Å². The molecule has 0 spiro atoms. The van der Waals surface area contributed by atoms with Crippen molar-refractivity contribution in [2.45, 2.75) is 44.6 Å². The number of amides is 1. The number of aryl methyl sites for hydroxylation is 1. The number of carbonyl (C=O) groups excluding carboxylic acids is 1. The Morgan fingerprint density at radius 3 is 2.54 bits per heavy atom. The summed E-state index contributed by atoms with van der Waals surface area (Å²) in [7, 11) is 0. The quantitative estimate of drug-likeness (QED) is 0.887. The monoisotopic (exact) mass is 344 g/mol. The van der Waals surface area contributed by atoms with Gasteiger partial charge in [-0.05, 0) is 43.3 Å². The number of carboxylic acid groups (broad SMARTS) is 1. The molecule has 1 saturated carbocycles. The maximum Gasteiger partial charge on any atom is 0.329 e. The Kier molecular flexibility index (Phi) is 4.66. The number of nitrogens with one attached hydrogen (secondary N) is 1. The van der Waals surface area contributed by atoms with Gasteiger partial charge in [0.15, 0.2) is 0 Å². The Morgan fingerprint density at radius 2 is 1.96 bits per heavy atom. The second-order valence-electron chi connectivity index (χ2n) is 6.24. The summed E-state index contributed by atoms with van der Waals surface area (Å²) >= 11 is 1.59. The number of hydrogen-bond acceptors (Lipinski definition) is 4. The first-order chi connectivity index (χ1) is 11.5. The van der Waals surface area contributed by atoms with Gasteiger partial charge in [-0.25, -0.2) is 4.79 Å². The minimum Gasteiger partial charge on any atom is -0.480 e. The zero-order chi connectivity index (χ0) is 17.2. The zero-order valence-electron chi connectivity index (χ0n) is 13.5. The summed E-state index contributed by atoms with van der Waals surface area (Å²) in [4.78, 5) is 28.8. The molecule has 2 N–H and O–H groups in total. The van der Waals surface area contributed by atoms with Gasteiger partial charge in [-0.1, -0.05) is 19.3 Å². The Labute approximate surface area is 144 Å². The van der Waals surface area contributed by atoms with Gasteiger partial charge in [0.2, 0.25) is 0 Å². The van der Waals surface area contributed by atoms with Crippen molar-refractivity contribution >= 4 is 23.2 Å². The van der Waals surface area contributed by atoms with Gasteiger partial charge in [-0.3, -0.25) is 9.78 Å². The van der Waals surface area contributed by atoms with Crippen molar-refractivity contribution in [3.8, 4) is 11.3 Å². The van der Waals surface area contributed by atoms with Gasteiger partial charge in [0, 0.05) is 10.9 Å². The summed E-state index contributed by atoms with van der Waals surface area (Å²) in [6.07, 6.45) is 3.61. The number of pyridine rings is 1. The summed E-state index contributed by atoms with van der Waals surface area (Å²) in [6.45, 7) is 1.78. The number of thiophene rings is 1. The van der Waals surface area contributed by atoms with Gasteiger partial charge < -0.3 is 10.4 Å². The number of hydrogen-bond donors (Lipinski definition) is 2. The van der Waals surface area contributed by atoms with E-state index in [4.69, 9.17) is 0 Å². The molecule has 5 nitrogen and oxygen atoms in total. The molecule has 0 unspecified atom stereocenters. The van der Waals surface area contributed by atoms with Crippen LogP contribution in [0.5, 0.6) is 0 Å². The topological polar surface area (TPSA) is 79.3 Å². The molecule has 0 aromatic carbocycles. The van der Waals surface area contributed by atoms with Crippen molar-refractivity contribution in [2.75, 3.05) is 0 Å². The van der Waals surface area contributed by atoms with Crippen molar-refractivity contribution in [3.05, 3.63) is 40.2 Å². The molecule has 0 bridgehead atoms. The van der Waals surface area contributed by atoms with Gasteiger partial charge in [0.25, 0.3) is 5.91 Å². The van der Waals surface area contributed by atoms with Gasteiger partial charge in [-0.15, -0.1) is 0 Å². The van der Waals surface area contributed by atoms with Crippen LogP contribution in [0, 0.1) is 6.92 Å². The first kappa shape index (κ1) is 16.6. The van der Waals surface area contributed by atoms with Crippen LogP contribution in [0.2, 0.25) is 0 Å². The van der Waals surface area contributed by atoms with Crippen molar-refractivity contribution in [2.24, 2.45) is 0 Å². The molecular weight excluding hydrogens is 324 g/mol. The van der Waals surface area contributed by atoms with Crippen molar-refractivity contribution in [1.29, 1.82) is 0 Å². The van der Waals surface area contributed by atoms with Crippen LogP contribution in [0.4, 0.5) is 0 Å². The molecule has 0 saturated heterocycles. The first-order valence-corrected chi connectivity index (χ1v) is 9.02. The van der Waals surface area contributed by atoms with Crippen molar-refractivity contribution in [3.63, 3.8) is 0 Å². The number of aromatic nitrogens is 1. The largest absolute Gasteiger partial charge is 0.480 e. The number of carboxylic acids is 1. The normalized spacial score (nSPS) is 16.5. The van der Waals surface area contributed by atoms with Crippen LogP contribution in [0.3, 0.4) is 0 Å². The Bertz CT molecular complexity index is 750. The molecule has 1 aliphatic carbocycles. The highest BCUT2D eigenvalue weighted by molar-refractivity contribution is 7.08. The maximum atomic E-state index is 12.6. The lowest BCUT2D eigenvalue weighted by atomic mass is 9.81. The maximum absolute atomic E-state index is 12.6. The third-order valence-corrected chi connectivity index (χ3v) is 5.30. The summed E-state index contributed by atoms with van der Waals surface area (Å²) in [5.74, 6) is -1.31. The molecule has 1 fully saturated rings. The Balaban J connectivity index is 1.83. The molecular formula is C18H20N2O3S. The van der Waals surface area contributed by atoms with Crippen LogP contribution in [-0.2, 0) is 4.79 Å². The standard InChI is InChI=1S/C18H20N2O3S/c1-12-14(5-6-15(19-12)13-7-10-24-11-13)16(21)20-18(17(22)23)8-3-2-4-9-18/h5-7,10-11H,2-4,8-9H2,1H3,(H,20,21)(H,22,23). The number of nitrogens with zero attached hydrogens (tertiary/aromatic N) is 1. The number of carbonyl (C=O) groups is 2. The van der Waals surface area contributed by atoms with E-state index in [1.807, 2.05) is 16.8 Å². The molecule has 0 aliphatic heterocycles. The van der Waals surface area contributed by atoms with Crippen LogP contribution >= 0.6 is 11.3 Å². The molecule has 2 heterocycles. The van der Waals surface area contributed by atoms with E-state index in [1.165, 1.54) is 0 Å². The highest BCUT2D eigenvalue weighted by atomic mass is 32.1. The highest BCUT2D eigenvalue weighted by Crippen LogP contribution is 2.29. The molecule has 1 amide bonds. The fourth-order valence-corrected chi connectivity index (χ4v) is 3.85. The van der Waals surface area contributed by atoms with E-state index in [0.717, 1.165) is 30.5 Å². The molecule has 0 atom stereocenters. The van der Waals surface area contributed by atoms with Gasteiger partial charge in [0.1, 0.15) is 5.54 Å². The lowest BCUT2D eigenvalue weighted by molar-refractivity contribution is -0.145. The number of rotatable bonds is 4. The van der Waals surface area contributed by atoms with Crippen LogP contribution in [0.15, 0.2) is 29.0 Å². The lowest BCUT2D eigenvalue weighted by Gasteiger charge is -2.34. The first-order valence-electron chi connectivity index (χ1n) is 8.08. The van der Waals surface area contributed by atoms with Crippen LogP contribution in [0.25, 0.3) is 11.3 Å². The van der Waals surface area contributed by atoms with Gasteiger partial charge in [0.05, 0.1) is 17.0 Å². The predicted octanol–water partition coefficient (Wildman–Crippen LogP) is 3.64. The van der Waals surface area contributed by atoms with Gasteiger partial charge in [-0.2, -0.15) is 11.3 Å². The van der Waals surface area contributed by atoms with Crippen LogP contribution < -0.4 is 5.32 Å². The summed E-state index contributed by atoms with van der Waals surface area (Å²) in [5.41, 5.74) is 1.72. The average Bonchev–Trinajstić information content (AvgIpc) is 3.09. The minimum atomic E-state index is -1.15. The van der Waals surface area contributed by atoms with E-state index in [9.17, 15) is 14.7 Å². The van der Waals surface area contributed by atoms with Crippen molar-refractivity contribution < 1.29 is 14.7 Å². The molecule has 0 radical (unpaired) electrons. The van der Waals surface area contributed by atoms with Crippen LogP contribution in [-0.4, -0.2) is 27.5 Å².